The van der Waals surface area contributed by atoms with Crippen LogP contribution >= 0.6 is 11.8 Å². The molecule has 3 aromatic carbocycles. The highest BCUT2D eigenvalue weighted by Gasteiger charge is 2.44. The summed E-state index contributed by atoms with van der Waals surface area (Å²) >= 11 is 1.79. The van der Waals surface area contributed by atoms with E-state index in [4.69, 9.17) is 4.74 Å². The molecule has 2 saturated heterocycles. The molecule has 7 heteroatoms. The third kappa shape index (κ3) is 5.98. The van der Waals surface area contributed by atoms with E-state index < -0.39 is 11.7 Å². The largest absolute Gasteiger partial charge is 0.490 e. The van der Waals surface area contributed by atoms with Gasteiger partial charge in [-0.3, -0.25) is 4.79 Å². The molecule has 2 aliphatic rings. The molecular formula is C30H30F3NO2S. The minimum atomic E-state index is -4.40. The molecule has 2 aliphatic heterocycles. The Morgan fingerprint density at radius 1 is 0.946 bits per heavy atom. The second-order valence-corrected chi connectivity index (χ2v) is 11.2. The SMILES string of the molecule is Cc1cc(C)cc(SCc2ccc(C(=O)N3C4CCC3CC(Oc3cccc(C(F)(F)F)c3)C4)cc2)c1. The third-order valence-electron chi connectivity index (χ3n) is 7.19. The lowest BCUT2D eigenvalue weighted by Crippen LogP contribution is -2.49. The van der Waals surface area contributed by atoms with Gasteiger partial charge in [0.05, 0.1) is 5.56 Å². The summed E-state index contributed by atoms with van der Waals surface area (Å²) in [7, 11) is 0. The summed E-state index contributed by atoms with van der Waals surface area (Å²) < 4.78 is 45.1. The molecule has 3 aromatic rings. The number of fused-ring (bicyclic) bond motifs is 2. The molecule has 5 rings (SSSR count). The van der Waals surface area contributed by atoms with E-state index in [1.165, 1.54) is 22.1 Å². The molecule has 2 bridgehead atoms. The van der Waals surface area contributed by atoms with Crippen LogP contribution < -0.4 is 4.74 Å². The predicted molar refractivity (Wildman–Crippen MR) is 140 cm³/mol. The van der Waals surface area contributed by atoms with Crippen LogP contribution in [0.5, 0.6) is 5.75 Å². The average Bonchev–Trinajstić information content (AvgIpc) is 3.12. The Labute approximate surface area is 220 Å². The average molecular weight is 526 g/mol. The van der Waals surface area contributed by atoms with E-state index in [1.807, 2.05) is 29.2 Å². The molecule has 194 valence electrons. The van der Waals surface area contributed by atoms with Gasteiger partial charge in [-0.2, -0.15) is 13.2 Å². The summed E-state index contributed by atoms with van der Waals surface area (Å²) in [5.41, 5.74) is 3.63. The van der Waals surface area contributed by atoms with Crippen LogP contribution in [0, 0.1) is 13.8 Å². The monoisotopic (exact) mass is 525 g/mol. The number of amides is 1. The molecule has 0 spiro atoms. The second-order valence-electron chi connectivity index (χ2n) is 10.1. The molecule has 0 saturated carbocycles. The Bertz CT molecular complexity index is 1240. The van der Waals surface area contributed by atoms with Gasteiger partial charge in [0.25, 0.3) is 5.91 Å². The number of nitrogens with zero attached hydrogens (tertiary/aromatic N) is 1. The van der Waals surface area contributed by atoms with E-state index in [0.717, 1.165) is 36.3 Å². The molecule has 2 atom stereocenters. The van der Waals surface area contributed by atoms with E-state index in [1.54, 1.807) is 17.8 Å². The highest BCUT2D eigenvalue weighted by Crippen LogP contribution is 2.39. The number of hydrogen-bond acceptors (Lipinski definition) is 3. The van der Waals surface area contributed by atoms with E-state index >= 15 is 0 Å². The van der Waals surface area contributed by atoms with E-state index in [2.05, 4.69) is 32.0 Å². The van der Waals surface area contributed by atoms with Gasteiger partial charge in [0, 0.05) is 41.1 Å². The zero-order valence-electron chi connectivity index (χ0n) is 20.9. The Morgan fingerprint density at radius 2 is 1.59 bits per heavy atom. The van der Waals surface area contributed by atoms with Gasteiger partial charge in [-0.1, -0.05) is 24.3 Å². The summed E-state index contributed by atoms with van der Waals surface area (Å²) in [6.07, 6.45) is -1.56. The normalized spacial score (nSPS) is 21.2. The summed E-state index contributed by atoms with van der Waals surface area (Å²) in [6.45, 7) is 4.20. The minimum absolute atomic E-state index is 0.0264. The van der Waals surface area contributed by atoms with E-state index in [9.17, 15) is 18.0 Å². The number of hydrogen-bond donors (Lipinski definition) is 0. The van der Waals surface area contributed by atoms with Gasteiger partial charge < -0.3 is 9.64 Å². The van der Waals surface area contributed by atoms with Crippen molar-refractivity contribution in [2.45, 2.75) is 74.5 Å². The first-order chi connectivity index (χ1) is 17.7. The molecule has 2 heterocycles. The summed E-state index contributed by atoms with van der Waals surface area (Å²) in [4.78, 5) is 16.6. The Kier molecular flexibility index (Phi) is 7.26. The van der Waals surface area contributed by atoms with Gasteiger partial charge in [-0.15, -0.1) is 11.8 Å². The van der Waals surface area contributed by atoms with Crippen molar-refractivity contribution in [2.75, 3.05) is 0 Å². The molecule has 2 fully saturated rings. The van der Waals surface area contributed by atoms with Crippen molar-refractivity contribution in [2.24, 2.45) is 0 Å². The lowest BCUT2D eigenvalue weighted by Gasteiger charge is -2.39. The zero-order valence-corrected chi connectivity index (χ0v) is 21.7. The second kappa shape index (κ2) is 10.4. The van der Waals surface area contributed by atoms with Crippen molar-refractivity contribution < 1.29 is 22.7 Å². The van der Waals surface area contributed by atoms with Crippen LogP contribution in [-0.4, -0.2) is 29.0 Å². The van der Waals surface area contributed by atoms with Crippen molar-refractivity contribution in [1.29, 1.82) is 0 Å². The van der Waals surface area contributed by atoms with E-state index in [0.29, 0.717) is 18.4 Å². The Hall–Kier alpha value is -2.93. The first-order valence-corrected chi connectivity index (χ1v) is 13.6. The smallest absolute Gasteiger partial charge is 0.416 e. The molecular weight excluding hydrogens is 495 g/mol. The van der Waals surface area contributed by atoms with Crippen LogP contribution in [0.2, 0.25) is 0 Å². The maximum atomic E-state index is 13.4. The Balaban J connectivity index is 1.20. The minimum Gasteiger partial charge on any atom is -0.490 e. The van der Waals surface area contributed by atoms with Gasteiger partial charge in [0.1, 0.15) is 11.9 Å². The fraction of sp³-hybridized carbons (Fsp3) is 0.367. The molecule has 3 nitrogen and oxygen atoms in total. The fourth-order valence-corrected chi connectivity index (χ4v) is 6.63. The zero-order chi connectivity index (χ0) is 26.2. The maximum Gasteiger partial charge on any atom is 0.416 e. The van der Waals surface area contributed by atoms with Crippen LogP contribution in [0.25, 0.3) is 0 Å². The van der Waals surface area contributed by atoms with Crippen molar-refractivity contribution >= 4 is 17.7 Å². The number of ether oxygens (including phenoxy) is 1. The third-order valence-corrected chi connectivity index (χ3v) is 8.24. The number of aryl methyl sites for hydroxylation is 2. The number of thioether (sulfide) groups is 1. The molecule has 0 aromatic heterocycles. The van der Waals surface area contributed by atoms with Gasteiger partial charge >= 0.3 is 6.18 Å². The molecule has 0 aliphatic carbocycles. The van der Waals surface area contributed by atoms with Crippen LogP contribution in [0.15, 0.2) is 71.6 Å². The lowest BCUT2D eigenvalue weighted by molar-refractivity contribution is -0.137. The highest BCUT2D eigenvalue weighted by molar-refractivity contribution is 7.98. The topological polar surface area (TPSA) is 29.5 Å². The molecule has 0 radical (unpaired) electrons. The van der Waals surface area contributed by atoms with Crippen LogP contribution in [0.1, 0.15) is 58.3 Å². The van der Waals surface area contributed by atoms with Crippen LogP contribution in [0.3, 0.4) is 0 Å². The van der Waals surface area contributed by atoms with Gasteiger partial charge in [0.15, 0.2) is 0 Å². The van der Waals surface area contributed by atoms with Crippen LogP contribution in [-0.2, 0) is 11.9 Å². The van der Waals surface area contributed by atoms with Crippen molar-refractivity contribution in [3.05, 3.63) is 94.5 Å². The van der Waals surface area contributed by atoms with Crippen LogP contribution in [0.4, 0.5) is 13.2 Å². The number of alkyl halides is 3. The first kappa shape index (κ1) is 25.7. The number of piperidine rings is 1. The quantitative estimate of drug-likeness (QED) is 0.307. The predicted octanol–water partition coefficient (Wildman–Crippen LogP) is 7.83. The summed E-state index contributed by atoms with van der Waals surface area (Å²) in [6, 6.07) is 19.5. The van der Waals surface area contributed by atoms with Gasteiger partial charge in [-0.25, -0.2) is 0 Å². The van der Waals surface area contributed by atoms with Crippen molar-refractivity contribution in [1.82, 2.24) is 4.90 Å². The standard InChI is InChI=1S/C30H30F3NO2S/c1-19-12-20(2)14-28(13-19)37-18-21-6-8-22(9-7-21)29(35)34-24-10-11-25(34)17-27(16-24)36-26-5-3-4-23(15-26)30(31,32)33/h3-9,12-15,24-25,27H,10-11,16-18H2,1-2H3. The van der Waals surface area contributed by atoms with Gasteiger partial charge in [0.2, 0.25) is 0 Å². The number of benzene rings is 3. The number of rotatable bonds is 6. The Morgan fingerprint density at radius 3 is 2.22 bits per heavy atom. The number of carbonyl (C=O) groups is 1. The van der Waals surface area contributed by atoms with Gasteiger partial charge in [-0.05, 0) is 85.8 Å². The van der Waals surface area contributed by atoms with E-state index in [-0.39, 0.29) is 29.8 Å². The van der Waals surface area contributed by atoms with Crippen molar-refractivity contribution in [3.8, 4) is 5.75 Å². The molecule has 2 unspecified atom stereocenters. The van der Waals surface area contributed by atoms with Crippen molar-refractivity contribution in [3.63, 3.8) is 0 Å². The number of carbonyl (C=O) groups excluding carboxylic acids is 1. The fourth-order valence-electron chi connectivity index (χ4n) is 5.57. The lowest BCUT2D eigenvalue weighted by atomic mass is 9.98. The molecule has 1 amide bonds. The summed E-state index contributed by atoms with van der Waals surface area (Å²) in [5.74, 6) is 1.09. The molecule has 37 heavy (non-hydrogen) atoms. The summed E-state index contributed by atoms with van der Waals surface area (Å²) in [5, 5.41) is 0. The molecule has 0 N–H and O–H groups in total. The first-order valence-electron chi connectivity index (χ1n) is 12.6. The maximum absolute atomic E-state index is 13.4. The highest BCUT2D eigenvalue weighted by atomic mass is 32.2. The number of halogens is 3.